The molecule has 7 nitrogen and oxygen atoms in total. The van der Waals surface area contributed by atoms with Gasteiger partial charge in [-0.2, -0.15) is 0 Å². The van der Waals surface area contributed by atoms with Gasteiger partial charge in [-0.1, -0.05) is 18.2 Å². The lowest BCUT2D eigenvalue weighted by Crippen LogP contribution is -2.44. The normalized spacial score (nSPS) is 14.3. The van der Waals surface area contributed by atoms with Gasteiger partial charge in [0.15, 0.2) is 0 Å². The number of piperazine rings is 1. The Hall–Kier alpha value is -3.23. The van der Waals surface area contributed by atoms with Gasteiger partial charge >= 0.3 is 0 Å². The van der Waals surface area contributed by atoms with Gasteiger partial charge in [0.05, 0.1) is 21.6 Å². The van der Waals surface area contributed by atoms with E-state index >= 15 is 0 Å². The number of nitrogens with zero attached hydrogens (tertiary/aromatic N) is 4. The van der Waals surface area contributed by atoms with Crippen LogP contribution in [0.2, 0.25) is 0 Å². The number of para-hydroxylation sites is 1. The van der Waals surface area contributed by atoms with Gasteiger partial charge in [0.2, 0.25) is 0 Å². The summed E-state index contributed by atoms with van der Waals surface area (Å²) in [5.41, 5.74) is 4.53. The molecule has 0 amide bonds. The molecule has 8 heteroatoms. The van der Waals surface area contributed by atoms with E-state index in [9.17, 15) is 10.1 Å². The van der Waals surface area contributed by atoms with E-state index in [0.717, 1.165) is 53.8 Å². The van der Waals surface area contributed by atoms with Crippen molar-refractivity contribution in [1.82, 2.24) is 9.88 Å². The second-order valence-electron chi connectivity index (χ2n) is 7.92. The highest BCUT2D eigenvalue weighted by Gasteiger charge is 2.15. The van der Waals surface area contributed by atoms with Crippen LogP contribution in [0.3, 0.4) is 0 Å². The highest BCUT2D eigenvalue weighted by molar-refractivity contribution is 8.93. The van der Waals surface area contributed by atoms with E-state index < -0.39 is 0 Å². The second-order valence-corrected chi connectivity index (χ2v) is 7.92. The van der Waals surface area contributed by atoms with Crippen LogP contribution in [0.4, 0.5) is 22.7 Å². The van der Waals surface area contributed by atoms with Crippen molar-refractivity contribution in [2.75, 3.05) is 43.4 Å². The molecule has 1 aromatic heterocycles. The van der Waals surface area contributed by atoms with Gasteiger partial charge in [0.1, 0.15) is 0 Å². The predicted molar refractivity (Wildman–Crippen MR) is 136 cm³/mol. The molecule has 0 radical (unpaired) electrons. The minimum atomic E-state index is -0.388. The van der Waals surface area contributed by atoms with Crippen molar-refractivity contribution in [3.8, 4) is 0 Å². The van der Waals surface area contributed by atoms with Crippen molar-refractivity contribution in [2.45, 2.75) is 0 Å². The van der Waals surface area contributed by atoms with E-state index in [2.05, 4.69) is 51.4 Å². The van der Waals surface area contributed by atoms with Crippen molar-refractivity contribution in [2.24, 2.45) is 0 Å². The van der Waals surface area contributed by atoms with E-state index in [1.807, 2.05) is 24.3 Å². The van der Waals surface area contributed by atoms with E-state index in [-0.39, 0.29) is 27.6 Å². The number of hydrogen-bond donors (Lipinski definition) is 1. The van der Waals surface area contributed by atoms with Crippen LogP contribution in [0.1, 0.15) is 0 Å². The largest absolute Gasteiger partial charge is 0.369 e. The predicted octanol–water partition coefficient (Wildman–Crippen LogP) is 5.37. The fourth-order valence-electron chi connectivity index (χ4n) is 4.09. The number of hydrogen-bond acceptors (Lipinski definition) is 6. The molecule has 0 spiro atoms. The lowest BCUT2D eigenvalue weighted by atomic mass is 10.1. The molecule has 0 aliphatic carbocycles. The molecule has 2 heterocycles. The molecule has 1 aliphatic heterocycles. The summed E-state index contributed by atoms with van der Waals surface area (Å²) in [6.45, 7) is 4.20. The summed E-state index contributed by atoms with van der Waals surface area (Å²) in [6, 6.07) is 21.1. The molecular weight excluding hydrogens is 470 g/mol. The quantitative estimate of drug-likeness (QED) is 0.234. The van der Waals surface area contributed by atoms with Crippen LogP contribution < -0.4 is 10.2 Å². The summed E-state index contributed by atoms with van der Waals surface area (Å²) < 4.78 is 0. The Kier molecular flexibility index (Phi) is 6.25. The summed E-state index contributed by atoms with van der Waals surface area (Å²) in [7, 11) is 2.16. The molecule has 164 valence electrons. The van der Waals surface area contributed by atoms with E-state index in [0.29, 0.717) is 5.52 Å². The SMILES string of the molecule is Br.CN1CCN(c2ccc(Nc3c4ccccc4nc4cc([N+](=O)[O-])ccc34)cc2)CC1. The molecule has 0 unspecified atom stereocenters. The minimum absolute atomic E-state index is 0. The molecular formula is C24H24BrN5O2. The standard InChI is InChI=1S/C24H23N5O2.BrH/c1-27-12-14-28(15-13-27)18-8-6-17(7-9-18)25-24-20-4-2-3-5-22(20)26-23-16-19(29(30)31)10-11-21(23)24;/h2-11,16H,12-15H2,1H3,(H,25,26);1H. The van der Waals surface area contributed by atoms with Gasteiger partial charge in [0.25, 0.3) is 5.69 Å². The summed E-state index contributed by atoms with van der Waals surface area (Å²) >= 11 is 0. The van der Waals surface area contributed by atoms with Gasteiger partial charge in [-0.15, -0.1) is 17.0 Å². The Morgan fingerprint density at radius 1 is 0.906 bits per heavy atom. The number of likely N-dealkylation sites (N-methyl/N-ethyl adjacent to an activating group) is 1. The fourth-order valence-corrected chi connectivity index (χ4v) is 4.09. The number of pyridine rings is 1. The van der Waals surface area contributed by atoms with Crippen LogP contribution in [-0.2, 0) is 0 Å². The molecule has 0 atom stereocenters. The maximum Gasteiger partial charge on any atom is 0.271 e. The first-order valence-corrected chi connectivity index (χ1v) is 10.4. The molecule has 1 N–H and O–H groups in total. The van der Waals surface area contributed by atoms with E-state index in [1.165, 1.54) is 17.8 Å². The average molecular weight is 494 g/mol. The van der Waals surface area contributed by atoms with Crippen LogP contribution in [0.5, 0.6) is 0 Å². The highest BCUT2D eigenvalue weighted by atomic mass is 79.9. The zero-order valence-electron chi connectivity index (χ0n) is 17.7. The van der Waals surface area contributed by atoms with Crippen LogP contribution in [0.15, 0.2) is 66.7 Å². The number of non-ortho nitro benzene ring substituents is 1. The van der Waals surface area contributed by atoms with Crippen LogP contribution >= 0.6 is 17.0 Å². The second kappa shape index (κ2) is 9.10. The molecule has 0 bridgehead atoms. The van der Waals surface area contributed by atoms with Crippen LogP contribution in [-0.4, -0.2) is 48.0 Å². The van der Waals surface area contributed by atoms with Crippen LogP contribution in [0.25, 0.3) is 21.8 Å². The maximum absolute atomic E-state index is 11.2. The summed E-state index contributed by atoms with van der Waals surface area (Å²) in [5, 5.41) is 16.6. The smallest absolute Gasteiger partial charge is 0.271 e. The van der Waals surface area contributed by atoms with Crippen LogP contribution in [0, 0.1) is 10.1 Å². The van der Waals surface area contributed by atoms with Crippen molar-refractivity contribution < 1.29 is 4.92 Å². The number of nitro groups is 1. The molecule has 1 saturated heterocycles. The first kappa shape index (κ1) is 22.0. The highest BCUT2D eigenvalue weighted by Crippen LogP contribution is 2.35. The zero-order chi connectivity index (χ0) is 21.4. The number of nitro benzene ring substituents is 1. The minimum Gasteiger partial charge on any atom is -0.369 e. The first-order valence-electron chi connectivity index (χ1n) is 10.4. The van der Waals surface area contributed by atoms with Gasteiger partial charge in [0, 0.05) is 60.5 Å². The molecule has 1 fully saturated rings. The maximum atomic E-state index is 11.2. The topological polar surface area (TPSA) is 74.5 Å². The average Bonchev–Trinajstić information content (AvgIpc) is 2.79. The Morgan fingerprint density at radius 3 is 2.31 bits per heavy atom. The van der Waals surface area contributed by atoms with Crippen molar-refractivity contribution >= 4 is 61.5 Å². The fraction of sp³-hybridized carbons (Fsp3) is 0.208. The lowest BCUT2D eigenvalue weighted by molar-refractivity contribution is -0.384. The number of halogens is 1. The molecule has 1 aliphatic rings. The third kappa shape index (κ3) is 4.24. The summed E-state index contributed by atoms with van der Waals surface area (Å²) in [6.07, 6.45) is 0. The monoisotopic (exact) mass is 493 g/mol. The molecule has 32 heavy (non-hydrogen) atoms. The molecule has 0 saturated carbocycles. The number of rotatable bonds is 4. The van der Waals surface area contributed by atoms with Gasteiger partial charge in [-0.25, -0.2) is 4.98 Å². The number of aromatic nitrogens is 1. The molecule has 3 aromatic carbocycles. The Bertz CT molecular complexity index is 1270. The third-order valence-electron chi connectivity index (χ3n) is 5.88. The number of benzene rings is 3. The first-order chi connectivity index (χ1) is 15.1. The third-order valence-corrected chi connectivity index (χ3v) is 5.88. The zero-order valence-corrected chi connectivity index (χ0v) is 19.4. The van der Waals surface area contributed by atoms with E-state index in [4.69, 9.17) is 0 Å². The van der Waals surface area contributed by atoms with Crippen molar-refractivity contribution in [3.05, 3.63) is 76.8 Å². The lowest BCUT2D eigenvalue weighted by Gasteiger charge is -2.34. The van der Waals surface area contributed by atoms with Crippen molar-refractivity contribution in [3.63, 3.8) is 0 Å². The van der Waals surface area contributed by atoms with Crippen molar-refractivity contribution in [1.29, 1.82) is 0 Å². The van der Waals surface area contributed by atoms with Gasteiger partial charge in [-0.05, 0) is 43.4 Å². The Morgan fingerprint density at radius 2 is 1.59 bits per heavy atom. The number of nitrogens with one attached hydrogen (secondary N) is 1. The van der Waals surface area contributed by atoms with Gasteiger partial charge in [-0.3, -0.25) is 10.1 Å². The van der Waals surface area contributed by atoms with E-state index in [1.54, 1.807) is 6.07 Å². The summed E-state index contributed by atoms with van der Waals surface area (Å²) in [5.74, 6) is 0. The Balaban J connectivity index is 0.00000245. The molecule has 4 aromatic rings. The number of anilines is 3. The van der Waals surface area contributed by atoms with Gasteiger partial charge < -0.3 is 15.1 Å². The Labute approximate surface area is 196 Å². The molecule has 5 rings (SSSR count). The number of fused-ring (bicyclic) bond motifs is 2. The summed E-state index contributed by atoms with van der Waals surface area (Å²) in [4.78, 5) is 20.2.